The van der Waals surface area contributed by atoms with Gasteiger partial charge in [-0.2, -0.15) is 0 Å². The second-order valence-corrected chi connectivity index (χ2v) is 6.13. The molecule has 0 aromatic heterocycles. The van der Waals surface area contributed by atoms with E-state index < -0.39 is 0 Å². The molecule has 1 amide bonds. The van der Waals surface area contributed by atoms with E-state index in [0.29, 0.717) is 12.3 Å². The summed E-state index contributed by atoms with van der Waals surface area (Å²) in [5, 5.41) is 2.05. The van der Waals surface area contributed by atoms with E-state index in [2.05, 4.69) is 23.6 Å². The van der Waals surface area contributed by atoms with Crippen LogP contribution in [0.5, 0.6) is 0 Å². The van der Waals surface area contributed by atoms with Crippen molar-refractivity contribution in [3.8, 4) is 0 Å². The second kappa shape index (κ2) is 6.29. The number of anilines is 1. The molecule has 2 aliphatic rings. The van der Waals surface area contributed by atoms with Gasteiger partial charge < -0.3 is 0 Å². The Kier molecular flexibility index (Phi) is 4.24. The predicted octanol–water partition coefficient (Wildman–Crippen LogP) is 3.44. The van der Waals surface area contributed by atoms with E-state index >= 15 is 0 Å². The van der Waals surface area contributed by atoms with Gasteiger partial charge in [0.25, 0.3) is 0 Å². The van der Waals surface area contributed by atoms with Crippen LogP contribution < -0.4 is 10.4 Å². The first-order valence-corrected chi connectivity index (χ1v) is 7.98. The second-order valence-electron chi connectivity index (χ2n) is 6.13. The summed E-state index contributed by atoms with van der Waals surface area (Å²) in [4.78, 5) is 12.2. The monoisotopic (exact) mass is 272 g/mol. The number of amides is 1. The number of rotatable bonds is 3. The molecule has 1 aliphatic carbocycles. The molecule has 0 saturated heterocycles. The van der Waals surface area contributed by atoms with Crippen LogP contribution in [0.1, 0.15) is 50.5 Å². The summed E-state index contributed by atoms with van der Waals surface area (Å²) < 4.78 is 0. The standard InChI is InChI=1S/C17H24N2O/c20-17(13-14-7-2-1-3-8-14)18-19-12-6-10-15-9-4-5-11-16(15)19/h4-5,9,11,14H,1-3,6-8,10,12-13H2,(H,18,20). The highest BCUT2D eigenvalue weighted by Gasteiger charge is 2.21. The zero-order valence-electron chi connectivity index (χ0n) is 12.1. The van der Waals surface area contributed by atoms with Crippen molar-refractivity contribution in [2.75, 3.05) is 11.6 Å². The molecule has 0 spiro atoms. The van der Waals surface area contributed by atoms with Gasteiger partial charge in [-0.25, -0.2) is 0 Å². The lowest BCUT2D eigenvalue weighted by atomic mass is 9.87. The predicted molar refractivity (Wildman–Crippen MR) is 81.4 cm³/mol. The fraction of sp³-hybridized carbons (Fsp3) is 0.588. The summed E-state index contributed by atoms with van der Waals surface area (Å²) in [7, 11) is 0. The largest absolute Gasteiger partial charge is 0.285 e. The molecule has 0 radical (unpaired) electrons. The number of hydrazine groups is 1. The molecule has 0 unspecified atom stereocenters. The molecule has 1 aliphatic heterocycles. The smallest absolute Gasteiger partial charge is 0.238 e. The summed E-state index contributed by atoms with van der Waals surface area (Å²) in [5.41, 5.74) is 5.64. The first-order valence-electron chi connectivity index (χ1n) is 7.98. The van der Waals surface area contributed by atoms with Gasteiger partial charge in [0.15, 0.2) is 0 Å². The van der Waals surface area contributed by atoms with Crippen LogP contribution in [0.3, 0.4) is 0 Å². The average Bonchev–Trinajstić information content (AvgIpc) is 2.48. The molecule has 1 N–H and O–H groups in total. The highest BCUT2D eigenvalue weighted by molar-refractivity contribution is 5.78. The Balaban J connectivity index is 1.59. The maximum atomic E-state index is 12.2. The van der Waals surface area contributed by atoms with Crippen LogP contribution in [-0.2, 0) is 11.2 Å². The first-order chi connectivity index (χ1) is 9.83. The average molecular weight is 272 g/mol. The molecule has 1 aromatic carbocycles. The maximum Gasteiger partial charge on any atom is 0.238 e. The minimum Gasteiger partial charge on any atom is -0.285 e. The van der Waals surface area contributed by atoms with Crippen LogP contribution in [0.25, 0.3) is 0 Å². The first kappa shape index (κ1) is 13.5. The summed E-state index contributed by atoms with van der Waals surface area (Å²) in [6.07, 6.45) is 9.31. The molecular weight excluding hydrogens is 248 g/mol. The fourth-order valence-corrected chi connectivity index (χ4v) is 3.50. The van der Waals surface area contributed by atoms with Crippen LogP contribution in [-0.4, -0.2) is 12.5 Å². The molecule has 108 valence electrons. The zero-order valence-corrected chi connectivity index (χ0v) is 12.1. The van der Waals surface area contributed by atoms with Crippen molar-refractivity contribution >= 4 is 11.6 Å². The third kappa shape index (κ3) is 3.14. The lowest BCUT2D eigenvalue weighted by molar-refractivity contribution is -0.122. The fourth-order valence-electron chi connectivity index (χ4n) is 3.50. The topological polar surface area (TPSA) is 32.3 Å². The van der Waals surface area contributed by atoms with Crippen molar-refractivity contribution in [2.45, 2.75) is 51.4 Å². The van der Waals surface area contributed by atoms with Gasteiger partial charge >= 0.3 is 0 Å². The van der Waals surface area contributed by atoms with Crippen LogP contribution in [0, 0.1) is 5.92 Å². The Hall–Kier alpha value is -1.51. The molecular formula is C17H24N2O. The van der Waals surface area contributed by atoms with Crippen molar-refractivity contribution in [3.05, 3.63) is 29.8 Å². The van der Waals surface area contributed by atoms with Crippen molar-refractivity contribution in [3.63, 3.8) is 0 Å². The van der Waals surface area contributed by atoms with E-state index in [9.17, 15) is 4.79 Å². The molecule has 1 fully saturated rings. The molecule has 1 aromatic rings. The van der Waals surface area contributed by atoms with E-state index in [4.69, 9.17) is 0 Å². The zero-order chi connectivity index (χ0) is 13.8. The minimum absolute atomic E-state index is 0.189. The number of hydrogen-bond acceptors (Lipinski definition) is 2. The molecule has 3 heteroatoms. The number of carbonyl (C=O) groups is 1. The van der Waals surface area contributed by atoms with Crippen molar-refractivity contribution in [2.24, 2.45) is 5.92 Å². The normalized spacial score (nSPS) is 19.5. The summed E-state index contributed by atoms with van der Waals surface area (Å²) in [6, 6.07) is 8.39. The van der Waals surface area contributed by atoms with Gasteiger partial charge in [0, 0.05) is 13.0 Å². The number of benzene rings is 1. The minimum atomic E-state index is 0.189. The van der Waals surface area contributed by atoms with Crippen molar-refractivity contribution in [1.29, 1.82) is 0 Å². The number of carbonyl (C=O) groups excluding carboxylic acids is 1. The Labute approximate surface area is 121 Å². The Morgan fingerprint density at radius 3 is 2.80 bits per heavy atom. The Bertz CT molecular complexity index is 466. The van der Waals surface area contributed by atoms with Gasteiger partial charge in [-0.05, 0) is 43.2 Å². The van der Waals surface area contributed by atoms with E-state index in [1.165, 1.54) is 43.4 Å². The molecule has 0 atom stereocenters. The van der Waals surface area contributed by atoms with Crippen LogP contribution in [0.4, 0.5) is 5.69 Å². The number of nitrogens with zero attached hydrogens (tertiary/aromatic N) is 1. The molecule has 0 bridgehead atoms. The van der Waals surface area contributed by atoms with Crippen LogP contribution >= 0.6 is 0 Å². The molecule has 3 rings (SSSR count). The van der Waals surface area contributed by atoms with Crippen LogP contribution in [0.2, 0.25) is 0 Å². The van der Waals surface area contributed by atoms with Gasteiger partial charge in [-0.3, -0.25) is 15.2 Å². The van der Waals surface area contributed by atoms with E-state index in [0.717, 1.165) is 19.4 Å². The Morgan fingerprint density at radius 2 is 1.95 bits per heavy atom. The molecule has 20 heavy (non-hydrogen) atoms. The molecule has 1 saturated carbocycles. The van der Waals surface area contributed by atoms with Crippen LogP contribution in [0.15, 0.2) is 24.3 Å². The summed E-state index contributed by atoms with van der Waals surface area (Å²) in [6.45, 7) is 0.924. The highest BCUT2D eigenvalue weighted by atomic mass is 16.2. The van der Waals surface area contributed by atoms with Gasteiger partial charge in [0.05, 0.1) is 5.69 Å². The number of hydrogen-bond donors (Lipinski definition) is 1. The Morgan fingerprint density at radius 1 is 1.15 bits per heavy atom. The SMILES string of the molecule is O=C(CC1CCCCC1)NN1CCCc2ccccc21. The van der Waals surface area contributed by atoms with Gasteiger partial charge in [0.2, 0.25) is 5.91 Å². The van der Waals surface area contributed by atoms with Gasteiger partial charge in [-0.1, -0.05) is 37.5 Å². The number of nitrogens with one attached hydrogen (secondary N) is 1. The summed E-state index contributed by atoms with van der Waals surface area (Å²) in [5.74, 6) is 0.789. The number of aryl methyl sites for hydroxylation is 1. The maximum absolute atomic E-state index is 12.2. The van der Waals surface area contributed by atoms with Crippen molar-refractivity contribution < 1.29 is 4.79 Å². The van der Waals surface area contributed by atoms with Gasteiger partial charge in [0.1, 0.15) is 0 Å². The summed E-state index contributed by atoms with van der Waals surface area (Å²) >= 11 is 0. The lowest BCUT2D eigenvalue weighted by Gasteiger charge is -2.32. The van der Waals surface area contributed by atoms with E-state index in [1.807, 2.05) is 11.1 Å². The molecule has 3 nitrogen and oxygen atoms in total. The molecule has 1 heterocycles. The number of fused-ring (bicyclic) bond motifs is 1. The van der Waals surface area contributed by atoms with Gasteiger partial charge in [-0.15, -0.1) is 0 Å². The third-order valence-corrected chi connectivity index (χ3v) is 4.57. The van der Waals surface area contributed by atoms with Crippen molar-refractivity contribution in [1.82, 2.24) is 5.43 Å². The highest BCUT2D eigenvalue weighted by Crippen LogP contribution is 2.27. The number of para-hydroxylation sites is 1. The van der Waals surface area contributed by atoms with E-state index in [-0.39, 0.29) is 5.91 Å². The third-order valence-electron chi connectivity index (χ3n) is 4.57. The lowest BCUT2D eigenvalue weighted by Crippen LogP contribution is -2.45. The van der Waals surface area contributed by atoms with E-state index in [1.54, 1.807) is 0 Å². The quantitative estimate of drug-likeness (QED) is 0.914.